The van der Waals surface area contributed by atoms with Gasteiger partial charge in [-0.15, -0.1) is 0 Å². The molecule has 0 aliphatic rings. The van der Waals surface area contributed by atoms with Crippen LogP contribution in [-0.2, 0) is 0 Å². The Balaban J connectivity index is 2.56. The Bertz CT molecular complexity index is 227. The zero-order valence-corrected chi connectivity index (χ0v) is 7.93. The van der Waals surface area contributed by atoms with Crippen molar-refractivity contribution >= 4 is 21.7 Å². The molecule has 0 spiro atoms. The molecule has 0 aliphatic carbocycles. The fourth-order valence-corrected chi connectivity index (χ4v) is 0.925. The number of alkyl halides is 1. The Morgan fingerprint density at radius 2 is 2.36 bits per heavy atom. The van der Waals surface area contributed by atoms with Crippen LogP contribution in [0, 0.1) is 6.92 Å². The topological polar surface area (TPSA) is 37.8 Å². The van der Waals surface area contributed by atoms with Gasteiger partial charge in [0.25, 0.3) is 0 Å². The van der Waals surface area contributed by atoms with Crippen molar-refractivity contribution in [3.05, 3.63) is 18.1 Å². The number of hydrogen-bond donors (Lipinski definition) is 1. The van der Waals surface area contributed by atoms with Crippen molar-refractivity contribution in [3.8, 4) is 0 Å². The Morgan fingerprint density at radius 3 is 3.00 bits per heavy atom. The summed E-state index contributed by atoms with van der Waals surface area (Å²) in [5.41, 5.74) is 0.983. The van der Waals surface area contributed by atoms with E-state index >= 15 is 0 Å². The maximum absolute atomic E-state index is 4.03. The van der Waals surface area contributed by atoms with Gasteiger partial charge in [0.15, 0.2) is 0 Å². The highest BCUT2D eigenvalue weighted by Crippen LogP contribution is 2.01. The molecule has 0 saturated heterocycles. The second kappa shape index (κ2) is 4.28. The summed E-state index contributed by atoms with van der Waals surface area (Å²) >= 11 is 3.32. The number of halogens is 1. The van der Waals surface area contributed by atoms with E-state index < -0.39 is 0 Å². The van der Waals surface area contributed by atoms with E-state index in [-0.39, 0.29) is 0 Å². The lowest BCUT2D eigenvalue weighted by molar-refractivity contribution is 1.08. The number of aromatic nitrogens is 2. The second-order valence-corrected chi connectivity index (χ2v) is 2.95. The molecule has 1 aromatic rings. The van der Waals surface area contributed by atoms with Gasteiger partial charge in [-0.25, -0.2) is 9.97 Å². The molecule has 0 amide bonds. The number of hydrogen-bond acceptors (Lipinski definition) is 3. The summed E-state index contributed by atoms with van der Waals surface area (Å²) in [5.74, 6) is 0.886. The first kappa shape index (κ1) is 8.46. The van der Waals surface area contributed by atoms with E-state index in [1.54, 1.807) is 6.33 Å². The smallest absolute Gasteiger partial charge is 0.129 e. The number of nitrogens with one attached hydrogen (secondary N) is 1. The van der Waals surface area contributed by atoms with Gasteiger partial charge in [-0.3, -0.25) is 0 Å². The van der Waals surface area contributed by atoms with E-state index in [4.69, 9.17) is 0 Å². The SMILES string of the molecule is Cc1cc(NCCBr)ncn1. The fraction of sp³-hybridized carbons (Fsp3) is 0.429. The minimum atomic E-state index is 0.885. The maximum atomic E-state index is 4.03. The fourth-order valence-electron chi connectivity index (χ4n) is 0.727. The van der Waals surface area contributed by atoms with Gasteiger partial charge in [0, 0.05) is 23.6 Å². The van der Waals surface area contributed by atoms with Gasteiger partial charge < -0.3 is 5.32 Å². The maximum Gasteiger partial charge on any atom is 0.129 e. The van der Waals surface area contributed by atoms with Crippen LogP contribution in [0.15, 0.2) is 12.4 Å². The molecule has 0 aromatic carbocycles. The highest BCUT2D eigenvalue weighted by Gasteiger charge is 1.91. The Labute approximate surface area is 74.4 Å². The van der Waals surface area contributed by atoms with Gasteiger partial charge in [0.05, 0.1) is 0 Å². The van der Waals surface area contributed by atoms with Gasteiger partial charge in [-0.1, -0.05) is 15.9 Å². The third-order valence-corrected chi connectivity index (χ3v) is 1.60. The first-order chi connectivity index (χ1) is 5.33. The van der Waals surface area contributed by atoms with Crippen LogP contribution in [0.25, 0.3) is 0 Å². The summed E-state index contributed by atoms with van der Waals surface area (Å²) in [5, 5.41) is 4.06. The van der Waals surface area contributed by atoms with Crippen molar-refractivity contribution in [2.45, 2.75) is 6.92 Å². The quantitative estimate of drug-likeness (QED) is 0.779. The summed E-state index contributed by atoms with van der Waals surface area (Å²) < 4.78 is 0. The molecule has 0 fully saturated rings. The molecule has 11 heavy (non-hydrogen) atoms. The summed E-state index contributed by atoms with van der Waals surface area (Å²) in [6.45, 7) is 2.83. The van der Waals surface area contributed by atoms with Crippen LogP contribution in [0.5, 0.6) is 0 Å². The zero-order valence-electron chi connectivity index (χ0n) is 6.34. The lowest BCUT2D eigenvalue weighted by Gasteiger charge is -2.01. The van der Waals surface area contributed by atoms with E-state index in [2.05, 4.69) is 31.2 Å². The molecule has 0 atom stereocenters. The summed E-state index contributed by atoms with van der Waals surface area (Å²) in [4.78, 5) is 8.02. The molecule has 1 rings (SSSR count). The Hall–Kier alpha value is -0.640. The molecular weight excluding hydrogens is 206 g/mol. The van der Waals surface area contributed by atoms with Crippen LogP contribution < -0.4 is 5.32 Å². The Kier molecular flexibility index (Phi) is 3.29. The van der Waals surface area contributed by atoms with Crippen molar-refractivity contribution < 1.29 is 0 Å². The highest BCUT2D eigenvalue weighted by molar-refractivity contribution is 9.09. The van der Waals surface area contributed by atoms with E-state index in [0.717, 1.165) is 23.4 Å². The molecule has 0 saturated carbocycles. The summed E-state index contributed by atoms with van der Waals surface area (Å²) in [6, 6.07) is 1.92. The molecular formula is C7H10BrN3. The number of rotatable bonds is 3. The second-order valence-electron chi connectivity index (χ2n) is 2.16. The van der Waals surface area contributed by atoms with E-state index in [1.807, 2.05) is 13.0 Å². The van der Waals surface area contributed by atoms with Crippen LogP contribution in [-0.4, -0.2) is 21.8 Å². The minimum absolute atomic E-state index is 0.885. The third-order valence-electron chi connectivity index (χ3n) is 1.20. The van der Waals surface area contributed by atoms with Crippen molar-refractivity contribution in [1.29, 1.82) is 0 Å². The molecule has 4 heteroatoms. The van der Waals surface area contributed by atoms with Crippen LogP contribution in [0.4, 0.5) is 5.82 Å². The van der Waals surface area contributed by atoms with Crippen molar-refractivity contribution in [2.75, 3.05) is 17.2 Å². The van der Waals surface area contributed by atoms with Crippen molar-refractivity contribution in [1.82, 2.24) is 9.97 Å². The molecule has 1 heterocycles. The molecule has 0 unspecified atom stereocenters. The predicted molar refractivity (Wildman–Crippen MR) is 49.1 cm³/mol. The normalized spacial score (nSPS) is 9.64. The highest BCUT2D eigenvalue weighted by atomic mass is 79.9. The Morgan fingerprint density at radius 1 is 1.55 bits per heavy atom. The van der Waals surface area contributed by atoms with Gasteiger partial charge >= 0.3 is 0 Å². The lowest BCUT2D eigenvalue weighted by Crippen LogP contribution is -2.04. The first-order valence-electron chi connectivity index (χ1n) is 3.41. The number of aryl methyl sites for hydroxylation is 1. The summed E-state index contributed by atoms with van der Waals surface area (Å²) in [6.07, 6.45) is 1.56. The van der Waals surface area contributed by atoms with Crippen LogP contribution in [0.1, 0.15) is 5.69 Å². The predicted octanol–water partition coefficient (Wildman–Crippen LogP) is 1.59. The van der Waals surface area contributed by atoms with E-state index in [9.17, 15) is 0 Å². The van der Waals surface area contributed by atoms with Crippen LogP contribution in [0.2, 0.25) is 0 Å². The number of anilines is 1. The van der Waals surface area contributed by atoms with Crippen molar-refractivity contribution in [3.63, 3.8) is 0 Å². The van der Waals surface area contributed by atoms with E-state index in [1.165, 1.54) is 0 Å². The number of nitrogens with zero attached hydrogens (tertiary/aromatic N) is 2. The van der Waals surface area contributed by atoms with Gasteiger partial charge in [-0.05, 0) is 6.92 Å². The third kappa shape index (κ3) is 2.84. The molecule has 0 aliphatic heterocycles. The molecule has 60 valence electrons. The van der Waals surface area contributed by atoms with Gasteiger partial charge in [0.1, 0.15) is 12.1 Å². The largest absolute Gasteiger partial charge is 0.369 e. The molecule has 0 radical (unpaired) electrons. The van der Waals surface area contributed by atoms with E-state index in [0.29, 0.717) is 0 Å². The lowest BCUT2D eigenvalue weighted by atomic mass is 10.4. The summed E-state index contributed by atoms with van der Waals surface area (Å²) in [7, 11) is 0. The minimum Gasteiger partial charge on any atom is -0.369 e. The molecule has 1 N–H and O–H groups in total. The standard InChI is InChI=1S/C7H10BrN3/c1-6-4-7(9-3-2-8)11-5-10-6/h4-5H,2-3H2,1H3,(H,9,10,11). The average molecular weight is 216 g/mol. The van der Waals surface area contributed by atoms with Gasteiger partial charge in [0.2, 0.25) is 0 Å². The zero-order chi connectivity index (χ0) is 8.10. The van der Waals surface area contributed by atoms with Crippen LogP contribution in [0.3, 0.4) is 0 Å². The average Bonchev–Trinajstić information content (AvgIpc) is 2.01. The van der Waals surface area contributed by atoms with Gasteiger partial charge in [-0.2, -0.15) is 0 Å². The monoisotopic (exact) mass is 215 g/mol. The molecule has 0 bridgehead atoms. The molecule has 3 nitrogen and oxygen atoms in total. The first-order valence-corrected chi connectivity index (χ1v) is 4.53. The molecule has 1 aromatic heterocycles. The van der Waals surface area contributed by atoms with Crippen molar-refractivity contribution in [2.24, 2.45) is 0 Å². The van der Waals surface area contributed by atoms with Crippen LogP contribution >= 0.6 is 15.9 Å².